The van der Waals surface area contributed by atoms with Crippen LogP contribution in [0.2, 0.25) is 0 Å². The monoisotopic (exact) mass is 502 g/mol. The van der Waals surface area contributed by atoms with Gasteiger partial charge < -0.3 is 14.1 Å². The second-order valence-electron chi connectivity index (χ2n) is 10.3. The van der Waals surface area contributed by atoms with Crippen molar-refractivity contribution in [1.82, 2.24) is 30.1 Å². The van der Waals surface area contributed by atoms with Crippen LogP contribution in [0.3, 0.4) is 0 Å². The SMILES string of the molecule is CCc1ccc2[nH]c(=O)c([C@@H](c3nnnn3C3CCCC3)N(Cc3ccco3)C[C@H]3CCCO3)cc2c1. The van der Waals surface area contributed by atoms with Crippen LogP contribution in [0, 0.1) is 0 Å². The van der Waals surface area contributed by atoms with E-state index in [4.69, 9.17) is 9.15 Å². The summed E-state index contributed by atoms with van der Waals surface area (Å²) in [5.41, 5.74) is 2.57. The van der Waals surface area contributed by atoms with Crippen LogP contribution in [0.15, 0.2) is 51.9 Å². The molecule has 9 heteroatoms. The molecule has 1 saturated heterocycles. The highest BCUT2D eigenvalue weighted by molar-refractivity contribution is 5.80. The number of aromatic nitrogens is 5. The maximum Gasteiger partial charge on any atom is 0.253 e. The maximum absolute atomic E-state index is 13.7. The largest absolute Gasteiger partial charge is 0.468 e. The van der Waals surface area contributed by atoms with Crippen molar-refractivity contribution >= 4 is 10.9 Å². The van der Waals surface area contributed by atoms with E-state index >= 15 is 0 Å². The molecule has 2 atom stereocenters. The van der Waals surface area contributed by atoms with E-state index in [1.54, 1.807) is 6.26 Å². The minimum atomic E-state index is -0.455. The van der Waals surface area contributed by atoms with Crippen LogP contribution in [0.4, 0.5) is 0 Å². The van der Waals surface area contributed by atoms with Gasteiger partial charge in [0.2, 0.25) is 0 Å². The van der Waals surface area contributed by atoms with Gasteiger partial charge in [0.25, 0.3) is 5.56 Å². The second-order valence-corrected chi connectivity index (χ2v) is 10.3. The average molecular weight is 503 g/mol. The van der Waals surface area contributed by atoms with Crippen molar-refractivity contribution in [2.75, 3.05) is 13.2 Å². The highest BCUT2D eigenvalue weighted by atomic mass is 16.5. The lowest BCUT2D eigenvalue weighted by atomic mass is 10.0. The Balaban J connectivity index is 1.50. The van der Waals surface area contributed by atoms with Crippen molar-refractivity contribution < 1.29 is 9.15 Å². The Bertz CT molecular complexity index is 1380. The number of nitrogens with one attached hydrogen (secondary N) is 1. The van der Waals surface area contributed by atoms with Crippen LogP contribution in [0.25, 0.3) is 10.9 Å². The fraction of sp³-hybridized carbons (Fsp3) is 0.500. The van der Waals surface area contributed by atoms with E-state index in [1.807, 2.05) is 28.9 Å². The molecule has 0 radical (unpaired) electrons. The van der Waals surface area contributed by atoms with Gasteiger partial charge in [-0.1, -0.05) is 25.8 Å². The zero-order chi connectivity index (χ0) is 25.2. The number of pyridine rings is 1. The lowest BCUT2D eigenvalue weighted by Gasteiger charge is -2.32. The smallest absolute Gasteiger partial charge is 0.253 e. The molecule has 0 amide bonds. The Morgan fingerprint density at radius 3 is 2.81 bits per heavy atom. The molecule has 37 heavy (non-hydrogen) atoms. The molecule has 4 aromatic rings. The Morgan fingerprint density at radius 2 is 2.05 bits per heavy atom. The van der Waals surface area contributed by atoms with E-state index in [1.165, 1.54) is 5.56 Å². The van der Waals surface area contributed by atoms with Crippen LogP contribution < -0.4 is 5.56 Å². The number of tetrazole rings is 1. The average Bonchev–Trinajstić information content (AvgIpc) is 3.73. The minimum Gasteiger partial charge on any atom is -0.468 e. The first-order valence-corrected chi connectivity index (χ1v) is 13.5. The fourth-order valence-corrected chi connectivity index (χ4v) is 5.90. The second kappa shape index (κ2) is 10.6. The minimum absolute atomic E-state index is 0.0829. The molecule has 0 spiro atoms. The Kier molecular flexibility index (Phi) is 6.89. The summed E-state index contributed by atoms with van der Waals surface area (Å²) < 4.78 is 13.8. The van der Waals surface area contributed by atoms with Crippen LogP contribution in [-0.2, 0) is 17.7 Å². The number of aromatic amines is 1. The molecule has 2 fully saturated rings. The molecule has 3 aromatic heterocycles. The number of rotatable bonds is 9. The molecule has 0 unspecified atom stereocenters. The quantitative estimate of drug-likeness (QED) is 0.358. The zero-order valence-corrected chi connectivity index (χ0v) is 21.3. The molecule has 1 aliphatic carbocycles. The van der Waals surface area contributed by atoms with Crippen molar-refractivity contribution in [1.29, 1.82) is 0 Å². The molecule has 1 aromatic carbocycles. The summed E-state index contributed by atoms with van der Waals surface area (Å²) in [4.78, 5) is 19.1. The van der Waals surface area contributed by atoms with Crippen molar-refractivity contribution in [3.05, 3.63) is 75.7 Å². The van der Waals surface area contributed by atoms with E-state index in [0.717, 1.165) is 68.2 Å². The van der Waals surface area contributed by atoms with E-state index in [2.05, 4.69) is 44.5 Å². The standard InChI is InChI=1S/C28H34N6O3/c1-2-19-11-12-25-20(15-19)16-24(28(35)29-25)26(27-30-31-32-34(27)21-7-3-4-8-21)33(17-22-9-5-13-36-22)18-23-10-6-14-37-23/h5,9,11-13,15-16,21,23,26H,2-4,6-8,10,14,17-18H2,1H3,(H,29,35)/t23-,26+/m1/s1. The highest BCUT2D eigenvalue weighted by Gasteiger charge is 2.35. The van der Waals surface area contributed by atoms with Crippen LogP contribution >= 0.6 is 0 Å². The van der Waals surface area contributed by atoms with Crippen molar-refractivity contribution in [3.8, 4) is 0 Å². The van der Waals surface area contributed by atoms with Gasteiger partial charge in [-0.05, 0) is 83.8 Å². The van der Waals surface area contributed by atoms with Gasteiger partial charge in [-0.2, -0.15) is 0 Å². The normalized spacial score (nSPS) is 19.4. The number of fused-ring (bicyclic) bond motifs is 1. The number of ether oxygens (including phenoxy) is 1. The molecule has 6 rings (SSSR count). The van der Waals surface area contributed by atoms with Gasteiger partial charge in [-0.25, -0.2) is 4.68 Å². The number of benzene rings is 1. The summed E-state index contributed by atoms with van der Waals surface area (Å²) >= 11 is 0. The summed E-state index contributed by atoms with van der Waals surface area (Å²) in [6, 6.07) is 11.9. The van der Waals surface area contributed by atoms with Gasteiger partial charge in [0.1, 0.15) is 11.8 Å². The molecule has 194 valence electrons. The van der Waals surface area contributed by atoms with Gasteiger partial charge >= 0.3 is 0 Å². The number of hydrogen-bond donors (Lipinski definition) is 1. The fourth-order valence-electron chi connectivity index (χ4n) is 5.90. The molecular formula is C28H34N6O3. The third-order valence-electron chi connectivity index (χ3n) is 7.84. The highest BCUT2D eigenvalue weighted by Crippen LogP contribution is 2.35. The summed E-state index contributed by atoms with van der Waals surface area (Å²) in [5, 5.41) is 14.1. The molecule has 0 bridgehead atoms. The van der Waals surface area contributed by atoms with Gasteiger partial charge in [0, 0.05) is 24.2 Å². The first-order chi connectivity index (χ1) is 18.2. The molecule has 1 saturated carbocycles. The Hall–Kier alpha value is -3.30. The topological polar surface area (TPSA) is 102 Å². The van der Waals surface area contributed by atoms with Crippen LogP contribution in [-0.4, -0.2) is 49.3 Å². The van der Waals surface area contributed by atoms with E-state index in [-0.39, 0.29) is 17.7 Å². The first kappa shape index (κ1) is 24.1. The number of hydrogen-bond acceptors (Lipinski definition) is 7. The van der Waals surface area contributed by atoms with Crippen molar-refractivity contribution in [2.45, 2.75) is 76.6 Å². The van der Waals surface area contributed by atoms with Gasteiger partial charge in [-0.3, -0.25) is 9.69 Å². The predicted octanol–water partition coefficient (Wildman–Crippen LogP) is 4.56. The van der Waals surface area contributed by atoms with Crippen LogP contribution in [0.5, 0.6) is 0 Å². The molecule has 1 N–H and O–H groups in total. The Morgan fingerprint density at radius 1 is 1.16 bits per heavy atom. The van der Waals surface area contributed by atoms with Gasteiger partial charge in [-0.15, -0.1) is 5.10 Å². The first-order valence-electron chi connectivity index (χ1n) is 13.5. The van der Waals surface area contributed by atoms with E-state index in [9.17, 15) is 4.79 Å². The zero-order valence-electron chi connectivity index (χ0n) is 21.3. The van der Waals surface area contributed by atoms with E-state index < -0.39 is 6.04 Å². The molecule has 4 heterocycles. The lowest BCUT2D eigenvalue weighted by molar-refractivity contribution is 0.0541. The molecule has 9 nitrogen and oxygen atoms in total. The summed E-state index contributed by atoms with van der Waals surface area (Å²) in [6.45, 7) is 4.07. The van der Waals surface area contributed by atoms with Crippen molar-refractivity contribution in [3.63, 3.8) is 0 Å². The maximum atomic E-state index is 13.7. The number of aryl methyl sites for hydroxylation is 1. The summed E-state index contributed by atoms with van der Waals surface area (Å²) in [6.07, 6.45) is 9.14. The van der Waals surface area contributed by atoms with Gasteiger partial charge in [0.05, 0.1) is 25.0 Å². The predicted molar refractivity (Wildman–Crippen MR) is 139 cm³/mol. The van der Waals surface area contributed by atoms with Gasteiger partial charge in [0.15, 0.2) is 5.82 Å². The summed E-state index contributed by atoms with van der Waals surface area (Å²) in [5.74, 6) is 1.53. The van der Waals surface area contributed by atoms with E-state index in [0.29, 0.717) is 24.5 Å². The molecule has 2 aliphatic rings. The number of nitrogens with zero attached hydrogens (tertiary/aromatic N) is 5. The molecule has 1 aliphatic heterocycles. The molecular weight excluding hydrogens is 468 g/mol. The van der Waals surface area contributed by atoms with Crippen LogP contribution in [0.1, 0.15) is 80.2 Å². The third kappa shape index (κ3) is 4.98. The van der Waals surface area contributed by atoms with Crippen molar-refractivity contribution in [2.24, 2.45) is 0 Å². The Labute approximate surface area is 215 Å². The number of furan rings is 1. The number of H-pyrrole nitrogens is 1. The summed E-state index contributed by atoms with van der Waals surface area (Å²) in [7, 11) is 0. The third-order valence-corrected chi connectivity index (χ3v) is 7.84. The lowest BCUT2D eigenvalue weighted by Crippen LogP contribution is -2.39.